The van der Waals surface area contributed by atoms with Crippen molar-refractivity contribution in [2.45, 2.75) is 19.4 Å². The fourth-order valence-electron chi connectivity index (χ4n) is 1.20. The molecule has 0 rings (SSSR count). The van der Waals surface area contributed by atoms with Crippen LogP contribution in [0.1, 0.15) is 13.3 Å². The van der Waals surface area contributed by atoms with Crippen LogP contribution in [0, 0.1) is 5.92 Å². The molecule has 1 amide bonds. The lowest BCUT2D eigenvalue weighted by Gasteiger charge is -2.23. The number of amides is 1. The first-order valence-corrected chi connectivity index (χ1v) is 3.89. The van der Waals surface area contributed by atoms with Crippen LogP contribution < -0.4 is 5.73 Å². The van der Waals surface area contributed by atoms with E-state index in [1.54, 1.807) is 19.0 Å². The summed E-state index contributed by atoms with van der Waals surface area (Å²) >= 11 is 0. The third-order valence-electron chi connectivity index (χ3n) is 1.84. The Labute approximate surface area is 72.7 Å². The predicted molar refractivity (Wildman–Crippen MR) is 46.5 cm³/mol. The minimum atomic E-state index is -0.365. The van der Waals surface area contributed by atoms with Gasteiger partial charge in [0, 0.05) is 6.42 Å². The van der Waals surface area contributed by atoms with Crippen LogP contribution in [0.15, 0.2) is 0 Å². The molecular weight excluding hydrogens is 156 g/mol. The fourth-order valence-corrected chi connectivity index (χ4v) is 1.20. The Morgan fingerprint density at radius 1 is 1.58 bits per heavy atom. The average molecular weight is 172 g/mol. The zero-order chi connectivity index (χ0) is 9.72. The molecule has 0 aromatic carbocycles. The number of rotatable bonds is 5. The molecule has 70 valence electrons. The Morgan fingerprint density at radius 2 is 2.08 bits per heavy atom. The zero-order valence-corrected chi connectivity index (χ0v) is 7.78. The standard InChI is InChI=1S/C8H16N2O2/c1-6(4-8(9)12)7(5-11)10(2)3/h5-7H,4H2,1-3H3,(H2,9,12)/t6-,7+/m0/s1. The molecule has 4 nitrogen and oxygen atoms in total. The molecule has 0 aromatic rings. The quantitative estimate of drug-likeness (QED) is 0.575. The fraction of sp³-hybridized carbons (Fsp3) is 0.750. The molecule has 0 spiro atoms. The van der Waals surface area contributed by atoms with Crippen molar-refractivity contribution in [3.05, 3.63) is 0 Å². The Bertz CT molecular complexity index is 168. The molecule has 0 fully saturated rings. The molecule has 0 bridgehead atoms. The lowest BCUT2D eigenvalue weighted by atomic mass is 9.98. The largest absolute Gasteiger partial charge is 0.370 e. The molecule has 12 heavy (non-hydrogen) atoms. The highest BCUT2D eigenvalue weighted by Crippen LogP contribution is 2.09. The maximum absolute atomic E-state index is 10.6. The number of nitrogens with two attached hydrogens (primary N) is 1. The van der Waals surface area contributed by atoms with Crippen LogP contribution in [-0.4, -0.2) is 37.2 Å². The van der Waals surface area contributed by atoms with Crippen LogP contribution in [0.3, 0.4) is 0 Å². The Hall–Kier alpha value is -0.900. The van der Waals surface area contributed by atoms with Crippen molar-refractivity contribution in [2.24, 2.45) is 11.7 Å². The molecule has 0 unspecified atom stereocenters. The second-order valence-electron chi connectivity index (χ2n) is 3.24. The minimum Gasteiger partial charge on any atom is -0.370 e. The van der Waals surface area contributed by atoms with Gasteiger partial charge >= 0.3 is 0 Å². The van der Waals surface area contributed by atoms with E-state index in [9.17, 15) is 9.59 Å². The highest BCUT2D eigenvalue weighted by Gasteiger charge is 2.19. The van der Waals surface area contributed by atoms with Gasteiger partial charge in [-0.05, 0) is 20.0 Å². The van der Waals surface area contributed by atoms with E-state index in [4.69, 9.17) is 5.73 Å². The first kappa shape index (κ1) is 11.1. The summed E-state index contributed by atoms with van der Waals surface area (Å²) in [5, 5.41) is 0. The van der Waals surface area contributed by atoms with Gasteiger partial charge in [0.1, 0.15) is 6.29 Å². The van der Waals surface area contributed by atoms with Crippen molar-refractivity contribution in [2.75, 3.05) is 14.1 Å². The van der Waals surface area contributed by atoms with Gasteiger partial charge in [0.15, 0.2) is 0 Å². The molecule has 0 aromatic heterocycles. The highest BCUT2D eigenvalue weighted by atomic mass is 16.1. The summed E-state index contributed by atoms with van der Waals surface area (Å²) in [6.07, 6.45) is 1.09. The van der Waals surface area contributed by atoms with Crippen LogP contribution in [-0.2, 0) is 9.59 Å². The van der Waals surface area contributed by atoms with E-state index in [-0.39, 0.29) is 24.3 Å². The number of carbonyl (C=O) groups excluding carboxylic acids is 2. The van der Waals surface area contributed by atoms with Crippen molar-refractivity contribution in [1.29, 1.82) is 0 Å². The van der Waals surface area contributed by atoms with E-state index in [0.717, 1.165) is 6.29 Å². The van der Waals surface area contributed by atoms with E-state index >= 15 is 0 Å². The van der Waals surface area contributed by atoms with Gasteiger partial charge in [-0.25, -0.2) is 0 Å². The van der Waals surface area contributed by atoms with E-state index in [1.807, 2.05) is 6.92 Å². The maximum atomic E-state index is 10.6. The third kappa shape index (κ3) is 3.48. The van der Waals surface area contributed by atoms with Gasteiger partial charge in [0.25, 0.3) is 0 Å². The first-order valence-electron chi connectivity index (χ1n) is 3.89. The van der Waals surface area contributed by atoms with Gasteiger partial charge in [-0.3, -0.25) is 9.69 Å². The van der Waals surface area contributed by atoms with Crippen LogP contribution in [0.4, 0.5) is 0 Å². The van der Waals surface area contributed by atoms with Gasteiger partial charge in [-0.2, -0.15) is 0 Å². The number of aldehydes is 1. The van der Waals surface area contributed by atoms with Gasteiger partial charge in [0.05, 0.1) is 6.04 Å². The summed E-state index contributed by atoms with van der Waals surface area (Å²) in [5.41, 5.74) is 5.01. The highest BCUT2D eigenvalue weighted by molar-refractivity contribution is 5.74. The summed E-state index contributed by atoms with van der Waals surface area (Å²) in [6.45, 7) is 1.84. The summed E-state index contributed by atoms with van der Waals surface area (Å²) in [6, 6.07) is -0.225. The van der Waals surface area contributed by atoms with Crippen LogP contribution in [0.2, 0.25) is 0 Å². The number of hydrogen-bond donors (Lipinski definition) is 1. The molecule has 2 N–H and O–H groups in total. The van der Waals surface area contributed by atoms with Crippen molar-refractivity contribution >= 4 is 12.2 Å². The van der Waals surface area contributed by atoms with Gasteiger partial charge in [-0.15, -0.1) is 0 Å². The normalized spacial score (nSPS) is 15.7. The molecule has 0 aliphatic rings. The van der Waals surface area contributed by atoms with E-state index in [2.05, 4.69) is 0 Å². The van der Waals surface area contributed by atoms with Gasteiger partial charge in [-0.1, -0.05) is 6.92 Å². The molecule has 0 radical (unpaired) electrons. The van der Waals surface area contributed by atoms with Crippen molar-refractivity contribution in [1.82, 2.24) is 4.90 Å². The van der Waals surface area contributed by atoms with E-state index in [1.165, 1.54) is 0 Å². The molecule has 0 saturated carbocycles. The predicted octanol–water partition coefficient (Wildman–Crippen LogP) is -0.373. The second-order valence-corrected chi connectivity index (χ2v) is 3.24. The number of nitrogens with zero attached hydrogens (tertiary/aromatic N) is 1. The third-order valence-corrected chi connectivity index (χ3v) is 1.84. The van der Waals surface area contributed by atoms with Crippen molar-refractivity contribution < 1.29 is 9.59 Å². The lowest BCUT2D eigenvalue weighted by Crippen LogP contribution is -2.37. The Morgan fingerprint density at radius 3 is 2.33 bits per heavy atom. The van der Waals surface area contributed by atoms with E-state index in [0.29, 0.717) is 0 Å². The summed E-state index contributed by atoms with van der Waals surface area (Å²) in [4.78, 5) is 22.9. The number of carbonyl (C=O) groups is 2. The molecule has 0 heterocycles. The lowest BCUT2D eigenvalue weighted by molar-refractivity contribution is -0.120. The zero-order valence-electron chi connectivity index (χ0n) is 7.78. The first-order chi connectivity index (χ1) is 5.49. The maximum Gasteiger partial charge on any atom is 0.217 e. The monoisotopic (exact) mass is 172 g/mol. The Kier molecular flexibility index (Phi) is 4.51. The average Bonchev–Trinajstić information content (AvgIpc) is 1.85. The minimum absolute atomic E-state index is 0.0185. The van der Waals surface area contributed by atoms with Gasteiger partial charge in [0.2, 0.25) is 5.91 Å². The van der Waals surface area contributed by atoms with Gasteiger partial charge < -0.3 is 10.5 Å². The van der Waals surface area contributed by atoms with Crippen molar-refractivity contribution in [3.63, 3.8) is 0 Å². The Balaban J connectivity index is 4.11. The summed E-state index contributed by atoms with van der Waals surface area (Å²) in [7, 11) is 3.60. The summed E-state index contributed by atoms with van der Waals surface area (Å²) < 4.78 is 0. The molecule has 2 atom stereocenters. The van der Waals surface area contributed by atoms with E-state index < -0.39 is 0 Å². The van der Waals surface area contributed by atoms with Crippen LogP contribution >= 0.6 is 0 Å². The smallest absolute Gasteiger partial charge is 0.217 e. The topological polar surface area (TPSA) is 63.4 Å². The molecule has 0 aliphatic heterocycles. The number of likely N-dealkylation sites (N-methyl/N-ethyl adjacent to an activating group) is 1. The van der Waals surface area contributed by atoms with Crippen LogP contribution in [0.5, 0.6) is 0 Å². The number of primary amides is 1. The molecule has 4 heteroatoms. The second kappa shape index (κ2) is 4.87. The molecular formula is C8H16N2O2. The SMILES string of the molecule is C[C@@H](CC(N)=O)[C@@H](C=O)N(C)C. The molecule has 0 aliphatic carbocycles. The van der Waals surface area contributed by atoms with Crippen LogP contribution in [0.25, 0.3) is 0 Å². The number of hydrogen-bond acceptors (Lipinski definition) is 3. The van der Waals surface area contributed by atoms with Crippen molar-refractivity contribution in [3.8, 4) is 0 Å². The summed E-state index contributed by atoms with van der Waals surface area (Å²) in [5.74, 6) is -0.383. The molecule has 0 saturated heterocycles.